The Hall–Kier alpha value is -4.36. The van der Waals surface area contributed by atoms with Gasteiger partial charge in [0.25, 0.3) is 5.91 Å². The van der Waals surface area contributed by atoms with E-state index >= 15 is 0 Å². The van der Waals surface area contributed by atoms with Crippen molar-refractivity contribution in [1.29, 1.82) is 0 Å². The predicted octanol–water partition coefficient (Wildman–Crippen LogP) is 2.88. The zero-order chi connectivity index (χ0) is 30.9. The summed E-state index contributed by atoms with van der Waals surface area (Å²) >= 11 is 6.27. The highest BCUT2D eigenvalue weighted by molar-refractivity contribution is 6.30. The van der Waals surface area contributed by atoms with E-state index in [1.807, 2.05) is 0 Å². The van der Waals surface area contributed by atoms with Crippen molar-refractivity contribution in [3.05, 3.63) is 58.6 Å². The van der Waals surface area contributed by atoms with Gasteiger partial charge < -0.3 is 29.7 Å². The fourth-order valence-corrected chi connectivity index (χ4v) is 5.76. The van der Waals surface area contributed by atoms with Crippen LogP contribution in [-0.2, 0) is 24.7 Å². The molecule has 0 saturated carbocycles. The molecule has 1 spiro atoms. The number of nitrogens with zero attached hydrogens (tertiary/aromatic N) is 3. The average molecular weight is 614 g/mol. The Kier molecular flexibility index (Phi) is 8.47. The molecule has 2 fully saturated rings. The second-order valence-electron chi connectivity index (χ2n) is 10.8. The molecule has 0 aliphatic carbocycles. The van der Waals surface area contributed by atoms with E-state index in [2.05, 4.69) is 10.6 Å². The van der Waals surface area contributed by atoms with Crippen molar-refractivity contribution >= 4 is 52.9 Å². The van der Waals surface area contributed by atoms with Crippen molar-refractivity contribution in [1.82, 2.24) is 15.1 Å². The molecule has 13 nitrogen and oxygen atoms in total. The first kappa shape index (κ1) is 30.1. The number of rotatable bonds is 7. The Bertz CT molecular complexity index is 1450. The molecule has 3 aliphatic rings. The number of fused-ring (bicyclic) bond motifs is 2. The van der Waals surface area contributed by atoms with Gasteiger partial charge >= 0.3 is 12.2 Å². The predicted molar refractivity (Wildman–Crippen MR) is 155 cm³/mol. The summed E-state index contributed by atoms with van der Waals surface area (Å²) in [7, 11) is 2.93. The van der Waals surface area contributed by atoms with Gasteiger partial charge in [-0.25, -0.2) is 9.59 Å². The maximum Gasteiger partial charge on any atom is 0.412 e. The first-order chi connectivity index (χ1) is 20.5. The fourth-order valence-electron chi connectivity index (χ4n) is 5.59. The zero-order valence-electron chi connectivity index (χ0n) is 23.7. The van der Waals surface area contributed by atoms with E-state index in [4.69, 9.17) is 21.1 Å². The minimum atomic E-state index is -1.21. The third-order valence-corrected chi connectivity index (χ3v) is 8.32. The number of likely N-dealkylation sites (tertiary alicyclic amines) is 2. The van der Waals surface area contributed by atoms with E-state index in [-0.39, 0.29) is 30.5 Å². The van der Waals surface area contributed by atoms with Crippen molar-refractivity contribution in [2.24, 2.45) is 0 Å². The normalized spacial score (nSPS) is 20.3. The molecule has 2 aromatic carbocycles. The van der Waals surface area contributed by atoms with Crippen LogP contribution < -0.4 is 15.5 Å². The maximum absolute atomic E-state index is 14.0. The van der Waals surface area contributed by atoms with E-state index in [0.717, 1.165) is 4.90 Å². The van der Waals surface area contributed by atoms with Crippen LogP contribution in [0, 0.1) is 0 Å². The molecular weight excluding hydrogens is 582 g/mol. The topological polar surface area (TPSA) is 158 Å². The van der Waals surface area contributed by atoms with Crippen molar-refractivity contribution in [3.8, 4) is 0 Å². The molecule has 0 radical (unpaired) electrons. The molecule has 0 unspecified atom stereocenters. The van der Waals surface area contributed by atoms with Crippen LogP contribution in [0.4, 0.5) is 21.0 Å². The highest BCUT2D eigenvalue weighted by Gasteiger charge is 2.47. The van der Waals surface area contributed by atoms with E-state index in [1.54, 1.807) is 30.2 Å². The Labute approximate surface area is 252 Å². The van der Waals surface area contributed by atoms with E-state index in [9.17, 15) is 29.1 Å². The summed E-state index contributed by atoms with van der Waals surface area (Å²) in [4.78, 5) is 68.2. The van der Waals surface area contributed by atoms with Crippen molar-refractivity contribution in [2.75, 3.05) is 50.6 Å². The van der Waals surface area contributed by atoms with Gasteiger partial charge in [-0.1, -0.05) is 11.6 Å². The third-order valence-electron chi connectivity index (χ3n) is 8.08. The lowest BCUT2D eigenvalue weighted by Crippen LogP contribution is -2.59. The smallest absolute Gasteiger partial charge is 0.412 e. The average Bonchev–Trinajstić information content (AvgIpc) is 2.96. The Morgan fingerprint density at radius 1 is 1.19 bits per heavy atom. The largest absolute Gasteiger partial charge is 0.465 e. The number of hydrogen-bond donors (Lipinski definition) is 3. The van der Waals surface area contributed by atoms with Crippen LogP contribution >= 0.6 is 11.6 Å². The Morgan fingerprint density at radius 2 is 1.91 bits per heavy atom. The maximum atomic E-state index is 14.0. The molecule has 3 N–H and O–H groups in total. The molecule has 3 heterocycles. The number of amides is 5. The fraction of sp³-hybridized carbons (Fsp3) is 0.414. The molecule has 0 bridgehead atoms. The summed E-state index contributed by atoms with van der Waals surface area (Å²) in [5, 5.41) is 15.0. The highest BCUT2D eigenvalue weighted by Crippen LogP contribution is 2.43. The Balaban J connectivity index is 1.37. The highest BCUT2D eigenvalue weighted by atomic mass is 35.5. The van der Waals surface area contributed by atoms with Crippen LogP contribution in [0.15, 0.2) is 42.5 Å². The molecule has 14 heteroatoms. The Morgan fingerprint density at radius 3 is 2.58 bits per heavy atom. The van der Waals surface area contributed by atoms with E-state index in [1.165, 1.54) is 36.2 Å². The number of carbonyl (C=O) groups is 5. The van der Waals surface area contributed by atoms with Crippen LogP contribution in [0.2, 0.25) is 5.02 Å². The summed E-state index contributed by atoms with van der Waals surface area (Å²) < 4.78 is 11.1. The monoisotopic (exact) mass is 613 g/mol. The minimum absolute atomic E-state index is 0.0127. The molecule has 2 atom stereocenters. The number of anilines is 2. The molecule has 43 heavy (non-hydrogen) atoms. The van der Waals surface area contributed by atoms with Gasteiger partial charge in [0, 0.05) is 55.6 Å². The second-order valence-corrected chi connectivity index (χ2v) is 11.3. The molecule has 2 saturated heterocycles. The van der Waals surface area contributed by atoms with Crippen molar-refractivity contribution in [3.63, 3.8) is 0 Å². The number of nitrogens with one attached hydrogen (secondary N) is 2. The third kappa shape index (κ3) is 6.22. The zero-order valence-corrected chi connectivity index (χ0v) is 24.4. The van der Waals surface area contributed by atoms with E-state index in [0.29, 0.717) is 54.4 Å². The number of halogens is 1. The van der Waals surface area contributed by atoms with Gasteiger partial charge in [0.05, 0.1) is 24.8 Å². The molecule has 5 amide bonds. The molecule has 0 aromatic heterocycles. The number of benzene rings is 2. The minimum Gasteiger partial charge on any atom is -0.465 e. The first-order valence-corrected chi connectivity index (χ1v) is 14.1. The van der Waals surface area contributed by atoms with Gasteiger partial charge in [0.1, 0.15) is 6.04 Å². The van der Waals surface area contributed by atoms with Gasteiger partial charge in [0.2, 0.25) is 11.8 Å². The quantitative estimate of drug-likeness (QED) is 0.430. The van der Waals surface area contributed by atoms with Crippen LogP contribution in [0.3, 0.4) is 0 Å². The second kappa shape index (κ2) is 12.1. The number of piperidine rings is 1. The SMILES string of the molecule is COC1CN(C(=O)C[C@H](NC(=O)c2ccc(N(C)C(=O)O)cc2)C(=O)N2CCC[C@@]3(C2)OC(=O)Nc2ccc(Cl)cc23)C1. The summed E-state index contributed by atoms with van der Waals surface area (Å²) in [6, 6.07) is 9.65. The molecule has 228 valence electrons. The number of hydrogen-bond acceptors (Lipinski definition) is 7. The van der Waals surface area contributed by atoms with Gasteiger partial charge in [-0.3, -0.25) is 24.6 Å². The molecule has 3 aliphatic heterocycles. The van der Waals surface area contributed by atoms with Crippen LogP contribution in [0.1, 0.15) is 35.2 Å². The summed E-state index contributed by atoms with van der Waals surface area (Å²) in [6.07, 6.45) is -1.22. The lowest BCUT2D eigenvalue weighted by molar-refractivity contribution is -0.148. The van der Waals surface area contributed by atoms with Gasteiger partial charge in [-0.15, -0.1) is 0 Å². The first-order valence-electron chi connectivity index (χ1n) is 13.8. The van der Waals surface area contributed by atoms with Crippen LogP contribution in [-0.4, -0.2) is 97.3 Å². The van der Waals surface area contributed by atoms with Gasteiger partial charge in [0.15, 0.2) is 5.60 Å². The number of ether oxygens (including phenoxy) is 2. The summed E-state index contributed by atoms with van der Waals surface area (Å²) in [6.45, 7) is 1.11. The molecule has 5 rings (SSSR count). The summed E-state index contributed by atoms with van der Waals surface area (Å²) in [5.74, 6) is -1.42. The number of carbonyl (C=O) groups excluding carboxylic acids is 4. The van der Waals surface area contributed by atoms with Crippen LogP contribution in [0.25, 0.3) is 0 Å². The summed E-state index contributed by atoms with van der Waals surface area (Å²) in [5.41, 5.74) is 0.573. The van der Waals surface area contributed by atoms with E-state index < -0.39 is 35.6 Å². The van der Waals surface area contributed by atoms with Gasteiger partial charge in [-0.05, 0) is 55.3 Å². The molecular formula is C29H32ClN5O8. The van der Waals surface area contributed by atoms with Gasteiger partial charge in [-0.2, -0.15) is 0 Å². The number of carboxylic acid groups (broad SMARTS) is 1. The van der Waals surface area contributed by atoms with Crippen molar-refractivity contribution < 1.29 is 38.6 Å². The van der Waals surface area contributed by atoms with Crippen LogP contribution in [0.5, 0.6) is 0 Å². The lowest BCUT2D eigenvalue weighted by Gasteiger charge is -2.46. The standard InChI is InChI=1S/C29H32ClN5O8/c1-33(28(40)41)19-7-4-17(5-8-19)25(37)31-23(13-24(36)35-14-20(15-35)42-2)26(38)34-11-3-10-29(16-34)21-12-18(30)6-9-22(21)32-27(39)43-29/h4-9,12,20,23H,3,10-11,13-16H2,1-2H3,(H,31,37)(H,32,39)(H,40,41)/t23-,29-/m0/s1. The lowest BCUT2D eigenvalue weighted by atomic mass is 9.83. The number of methoxy groups -OCH3 is 1. The molecule has 2 aromatic rings. The van der Waals surface area contributed by atoms with Crippen molar-refractivity contribution in [2.45, 2.75) is 37.0 Å².